The van der Waals surface area contributed by atoms with Crippen LogP contribution in [-0.4, -0.2) is 39.5 Å². The summed E-state index contributed by atoms with van der Waals surface area (Å²) >= 11 is 0. The molecule has 160 valence electrons. The molecule has 3 N–H and O–H groups in total. The lowest BCUT2D eigenvalue weighted by Gasteiger charge is -2.17. The fourth-order valence-electron chi connectivity index (χ4n) is 2.99. The number of benzene rings is 1. The summed E-state index contributed by atoms with van der Waals surface area (Å²) in [6, 6.07) is 11.5. The molecule has 0 saturated carbocycles. The first-order valence-electron chi connectivity index (χ1n) is 9.89. The highest BCUT2D eigenvalue weighted by Gasteiger charge is 2.20. The number of nitrogens with one attached hydrogen (secondary N) is 1. The number of nitrogen functional groups attached to an aromatic ring is 1. The van der Waals surface area contributed by atoms with Gasteiger partial charge in [0.05, 0.1) is 30.2 Å². The maximum absolute atomic E-state index is 5.98. The highest BCUT2D eigenvalue weighted by atomic mass is 16.5. The molecule has 3 aromatic rings. The van der Waals surface area contributed by atoms with Gasteiger partial charge in [-0.15, -0.1) is 0 Å². The molecule has 8 nitrogen and oxygen atoms in total. The first-order chi connectivity index (χ1) is 14.2. The maximum Gasteiger partial charge on any atom is 0.222 e. The molecule has 2 heterocycles. The van der Waals surface area contributed by atoms with Crippen LogP contribution in [0.25, 0.3) is 11.4 Å². The number of para-hydroxylation sites is 2. The molecule has 0 fully saturated rings. The van der Waals surface area contributed by atoms with Crippen molar-refractivity contribution in [3.05, 3.63) is 42.1 Å². The first kappa shape index (κ1) is 21.4. The predicted octanol–water partition coefficient (Wildman–Crippen LogP) is 3.64. The Hall–Kier alpha value is -3.29. The van der Waals surface area contributed by atoms with Crippen LogP contribution in [0.4, 0.5) is 11.8 Å². The molecular formula is C22H30N6O2. The van der Waals surface area contributed by atoms with Crippen LogP contribution < -0.4 is 20.5 Å². The van der Waals surface area contributed by atoms with E-state index in [9.17, 15) is 0 Å². The van der Waals surface area contributed by atoms with Gasteiger partial charge in [-0.1, -0.05) is 32.9 Å². The summed E-state index contributed by atoms with van der Waals surface area (Å²) in [5.74, 6) is 2.23. The van der Waals surface area contributed by atoms with Gasteiger partial charge in [0.25, 0.3) is 0 Å². The molecule has 0 amide bonds. The van der Waals surface area contributed by atoms with Crippen LogP contribution in [0.3, 0.4) is 0 Å². The minimum absolute atomic E-state index is 0.0197. The van der Waals surface area contributed by atoms with Crippen LogP contribution in [-0.2, 0) is 12.5 Å². The number of nitrogens with zero attached hydrogens (tertiary/aromatic N) is 4. The summed E-state index contributed by atoms with van der Waals surface area (Å²) < 4.78 is 13.0. The fourth-order valence-corrected chi connectivity index (χ4v) is 2.99. The summed E-state index contributed by atoms with van der Waals surface area (Å²) in [6.45, 7) is 8.83. The Labute approximate surface area is 177 Å². The Bertz CT molecular complexity index is 1010. The van der Waals surface area contributed by atoms with E-state index in [4.69, 9.17) is 15.2 Å². The van der Waals surface area contributed by atoms with Gasteiger partial charge in [-0.3, -0.25) is 4.68 Å². The van der Waals surface area contributed by atoms with Crippen LogP contribution in [0.15, 0.2) is 36.4 Å². The van der Waals surface area contributed by atoms with E-state index in [1.54, 1.807) is 7.11 Å². The second-order valence-corrected chi connectivity index (χ2v) is 8.29. The summed E-state index contributed by atoms with van der Waals surface area (Å²) in [7, 11) is 3.53. The zero-order valence-corrected chi connectivity index (χ0v) is 18.4. The van der Waals surface area contributed by atoms with Crippen LogP contribution in [0.2, 0.25) is 0 Å². The van der Waals surface area contributed by atoms with Gasteiger partial charge in [0.15, 0.2) is 11.5 Å². The summed E-state index contributed by atoms with van der Waals surface area (Å²) in [5.41, 5.74) is 8.51. The van der Waals surface area contributed by atoms with Crippen molar-refractivity contribution in [1.29, 1.82) is 0 Å². The molecule has 3 rings (SSSR count). The molecular weight excluding hydrogens is 380 g/mol. The molecule has 2 aromatic heterocycles. The van der Waals surface area contributed by atoms with E-state index in [0.717, 1.165) is 11.4 Å². The minimum atomic E-state index is -0.0555. The normalized spacial score (nSPS) is 12.5. The van der Waals surface area contributed by atoms with E-state index >= 15 is 0 Å². The van der Waals surface area contributed by atoms with Crippen molar-refractivity contribution < 1.29 is 9.47 Å². The van der Waals surface area contributed by atoms with Crippen LogP contribution in [0.5, 0.6) is 11.5 Å². The Morgan fingerprint density at radius 1 is 1.13 bits per heavy atom. The third kappa shape index (κ3) is 5.00. The Morgan fingerprint density at radius 2 is 1.83 bits per heavy atom. The van der Waals surface area contributed by atoms with Crippen molar-refractivity contribution in [2.45, 2.75) is 39.2 Å². The number of aromatic nitrogens is 4. The Kier molecular flexibility index (Phi) is 6.14. The van der Waals surface area contributed by atoms with Gasteiger partial charge in [0.2, 0.25) is 5.95 Å². The smallest absolute Gasteiger partial charge is 0.222 e. The monoisotopic (exact) mass is 410 g/mol. The standard InChI is InChI=1S/C22H30N6O2/c1-14(13-30-18-10-8-7-9-17(18)29-6)24-20-11-15(25-21(23)26-20)16-12-19(22(2,3)4)27-28(16)5/h7-12,14H,13H2,1-6H3,(H3,23,24,25,26)/t14-/m0/s1. The SMILES string of the molecule is COc1ccccc1OC[C@H](C)Nc1cc(-c2cc(C(C)(C)C)nn2C)nc(N)n1. The first-order valence-corrected chi connectivity index (χ1v) is 9.89. The number of nitrogens with two attached hydrogens (primary N) is 1. The zero-order valence-electron chi connectivity index (χ0n) is 18.4. The quantitative estimate of drug-likeness (QED) is 0.613. The summed E-state index contributed by atoms with van der Waals surface area (Å²) in [4.78, 5) is 8.72. The van der Waals surface area contributed by atoms with Crippen molar-refractivity contribution in [3.8, 4) is 22.9 Å². The molecule has 1 atom stereocenters. The number of hydrogen-bond donors (Lipinski definition) is 2. The molecule has 30 heavy (non-hydrogen) atoms. The number of aryl methyl sites for hydroxylation is 1. The molecule has 0 spiro atoms. The Morgan fingerprint density at radius 3 is 2.47 bits per heavy atom. The largest absolute Gasteiger partial charge is 0.493 e. The van der Waals surface area contributed by atoms with Gasteiger partial charge in [0.1, 0.15) is 12.4 Å². The number of hydrogen-bond acceptors (Lipinski definition) is 7. The third-order valence-corrected chi connectivity index (χ3v) is 4.61. The second kappa shape index (κ2) is 8.61. The molecule has 1 aromatic carbocycles. The van der Waals surface area contributed by atoms with Gasteiger partial charge in [-0.05, 0) is 25.1 Å². The van der Waals surface area contributed by atoms with Gasteiger partial charge < -0.3 is 20.5 Å². The number of ether oxygens (including phenoxy) is 2. The van der Waals surface area contributed by atoms with Crippen LogP contribution in [0, 0.1) is 0 Å². The van der Waals surface area contributed by atoms with Gasteiger partial charge >= 0.3 is 0 Å². The lowest BCUT2D eigenvalue weighted by Crippen LogP contribution is -2.24. The van der Waals surface area contributed by atoms with E-state index in [0.29, 0.717) is 29.6 Å². The lowest BCUT2D eigenvalue weighted by molar-refractivity contribution is 0.284. The molecule has 0 unspecified atom stereocenters. The van der Waals surface area contributed by atoms with Crippen molar-refractivity contribution in [1.82, 2.24) is 19.7 Å². The summed E-state index contributed by atoms with van der Waals surface area (Å²) in [6.07, 6.45) is 0. The van der Waals surface area contributed by atoms with E-state index in [-0.39, 0.29) is 17.4 Å². The van der Waals surface area contributed by atoms with Crippen molar-refractivity contribution in [2.75, 3.05) is 24.8 Å². The highest BCUT2D eigenvalue weighted by molar-refractivity contribution is 5.61. The molecule has 0 bridgehead atoms. The second-order valence-electron chi connectivity index (χ2n) is 8.29. The maximum atomic E-state index is 5.98. The topological polar surface area (TPSA) is 100 Å². The zero-order chi connectivity index (χ0) is 21.9. The van der Waals surface area contributed by atoms with E-state index < -0.39 is 0 Å². The Balaban J connectivity index is 1.75. The van der Waals surface area contributed by atoms with Gasteiger partial charge in [-0.2, -0.15) is 10.1 Å². The molecule has 0 aliphatic heterocycles. The van der Waals surface area contributed by atoms with E-state index in [1.807, 2.05) is 55.1 Å². The number of anilines is 2. The molecule has 0 radical (unpaired) electrons. The highest BCUT2D eigenvalue weighted by Crippen LogP contribution is 2.28. The summed E-state index contributed by atoms with van der Waals surface area (Å²) in [5, 5.41) is 7.95. The number of methoxy groups -OCH3 is 1. The average molecular weight is 411 g/mol. The third-order valence-electron chi connectivity index (χ3n) is 4.61. The van der Waals surface area contributed by atoms with Crippen LogP contribution >= 0.6 is 0 Å². The van der Waals surface area contributed by atoms with E-state index in [2.05, 4.69) is 41.2 Å². The minimum Gasteiger partial charge on any atom is -0.493 e. The molecule has 8 heteroatoms. The number of rotatable bonds is 7. The van der Waals surface area contributed by atoms with Crippen LogP contribution in [0.1, 0.15) is 33.4 Å². The van der Waals surface area contributed by atoms with Gasteiger partial charge in [-0.25, -0.2) is 4.98 Å². The van der Waals surface area contributed by atoms with Crippen molar-refractivity contribution in [2.24, 2.45) is 7.05 Å². The lowest BCUT2D eigenvalue weighted by atomic mass is 9.92. The van der Waals surface area contributed by atoms with Crippen molar-refractivity contribution in [3.63, 3.8) is 0 Å². The average Bonchev–Trinajstić information content (AvgIpc) is 3.08. The predicted molar refractivity (Wildman–Crippen MR) is 119 cm³/mol. The molecule has 0 aliphatic rings. The van der Waals surface area contributed by atoms with Gasteiger partial charge in [0, 0.05) is 18.5 Å². The van der Waals surface area contributed by atoms with Crippen molar-refractivity contribution >= 4 is 11.8 Å². The van der Waals surface area contributed by atoms with E-state index in [1.165, 1.54) is 0 Å². The molecule has 0 aliphatic carbocycles. The molecule has 0 saturated heterocycles. The fraction of sp³-hybridized carbons (Fsp3) is 0.409.